The average molecular weight is 347 g/mol. The minimum Gasteiger partial charge on any atom is -0.350 e. The number of benzene rings is 1. The standard InChI is InChI=1S/C14H10F5N3O2/c15-8-1-2-9(10(16)7-8)13(24)20-5-6-22-12(23)4-3-11(21-22)14(17,18)19/h1-4,7H,5-6H2,(H,20,24). The van der Waals surface area contributed by atoms with Crippen molar-refractivity contribution in [3.63, 3.8) is 0 Å². The van der Waals surface area contributed by atoms with Crippen LogP contribution in [0.2, 0.25) is 0 Å². The van der Waals surface area contributed by atoms with Crippen LogP contribution in [0.15, 0.2) is 35.1 Å². The molecule has 5 nitrogen and oxygen atoms in total. The van der Waals surface area contributed by atoms with Crippen molar-refractivity contribution in [3.8, 4) is 0 Å². The van der Waals surface area contributed by atoms with Gasteiger partial charge >= 0.3 is 6.18 Å². The zero-order valence-corrected chi connectivity index (χ0v) is 11.9. The van der Waals surface area contributed by atoms with Gasteiger partial charge in [-0.3, -0.25) is 9.59 Å². The number of carbonyl (C=O) groups is 1. The van der Waals surface area contributed by atoms with Crippen LogP contribution in [0, 0.1) is 11.6 Å². The predicted octanol–water partition coefficient (Wildman–Crippen LogP) is 1.97. The summed E-state index contributed by atoms with van der Waals surface area (Å²) in [7, 11) is 0. The Morgan fingerprint density at radius 3 is 2.50 bits per heavy atom. The first-order valence-electron chi connectivity index (χ1n) is 6.57. The lowest BCUT2D eigenvalue weighted by Gasteiger charge is -2.10. The van der Waals surface area contributed by atoms with Crippen LogP contribution in [-0.4, -0.2) is 22.2 Å². The van der Waals surface area contributed by atoms with Crippen LogP contribution in [0.5, 0.6) is 0 Å². The van der Waals surface area contributed by atoms with E-state index in [9.17, 15) is 31.5 Å². The van der Waals surface area contributed by atoms with Gasteiger partial charge in [-0.05, 0) is 18.2 Å². The Hall–Kier alpha value is -2.78. The molecule has 0 aliphatic heterocycles. The smallest absolute Gasteiger partial charge is 0.350 e. The van der Waals surface area contributed by atoms with E-state index < -0.39 is 40.5 Å². The molecule has 1 amide bonds. The molecule has 0 saturated heterocycles. The summed E-state index contributed by atoms with van der Waals surface area (Å²) >= 11 is 0. The molecule has 10 heteroatoms. The lowest BCUT2D eigenvalue weighted by molar-refractivity contribution is -0.142. The minimum atomic E-state index is -4.71. The molecule has 0 saturated carbocycles. The zero-order chi connectivity index (χ0) is 17.9. The molecule has 0 fully saturated rings. The van der Waals surface area contributed by atoms with Crippen LogP contribution in [-0.2, 0) is 12.7 Å². The summed E-state index contributed by atoms with van der Waals surface area (Å²) in [6.45, 7) is -0.624. The van der Waals surface area contributed by atoms with Crippen molar-refractivity contribution < 1.29 is 26.7 Å². The summed E-state index contributed by atoms with van der Waals surface area (Å²) in [5.41, 5.74) is -2.47. The van der Waals surface area contributed by atoms with Gasteiger partial charge in [-0.15, -0.1) is 0 Å². The van der Waals surface area contributed by atoms with E-state index in [0.29, 0.717) is 22.9 Å². The van der Waals surface area contributed by atoms with E-state index >= 15 is 0 Å². The highest BCUT2D eigenvalue weighted by Crippen LogP contribution is 2.26. The van der Waals surface area contributed by atoms with Gasteiger partial charge in [0, 0.05) is 18.7 Å². The van der Waals surface area contributed by atoms with Gasteiger partial charge in [0.25, 0.3) is 11.5 Å². The van der Waals surface area contributed by atoms with Crippen LogP contribution in [0.3, 0.4) is 0 Å². The largest absolute Gasteiger partial charge is 0.435 e. The predicted molar refractivity (Wildman–Crippen MR) is 72.2 cm³/mol. The molecule has 0 aliphatic rings. The fraction of sp³-hybridized carbons (Fsp3) is 0.214. The van der Waals surface area contributed by atoms with Gasteiger partial charge in [-0.25, -0.2) is 13.5 Å². The van der Waals surface area contributed by atoms with Crippen molar-refractivity contribution in [1.29, 1.82) is 0 Å². The molecule has 24 heavy (non-hydrogen) atoms. The van der Waals surface area contributed by atoms with Crippen molar-refractivity contribution in [3.05, 3.63) is 63.6 Å². The van der Waals surface area contributed by atoms with Crippen molar-refractivity contribution >= 4 is 5.91 Å². The number of halogens is 5. The number of alkyl halides is 3. The number of aromatic nitrogens is 2. The van der Waals surface area contributed by atoms with Crippen LogP contribution >= 0.6 is 0 Å². The molecule has 0 unspecified atom stereocenters. The monoisotopic (exact) mass is 347 g/mol. The van der Waals surface area contributed by atoms with Crippen LogP contribution in [0.4, 0.5) is 22.0 Å². The van der Waals surface area contributed by atoms with E-state index in [1.54, 1.807) is 0 Å². The number of carbonyl (C=O) groups excluding carboxylic acids is 1. The molecular weight excluding hydrogens is 337 g/mol. The van der Waals surface area contributed by atoms with E-state index in [0.717, 1.165) is 12.1 Å². The molecule has 0 radical (unpaired) electrons. The second kappa shape index (κ2) is 6.77. The lowest BCUT2D eigenvalue weighted by Crippen LogP contribution is -2.33. The summed E-state index contributed by atoms with van der Waals surface area (Å²) < 4.78 is 64.3. The van der Waals surface area contributed by atoms with Crippen molar-refractivity contribution in [2.45, 2.75) is 12.7 Å². The maximum atomic E-state index is 13.4. The fourth-order valence-corrected chi connectivity index (χ4v) is 1.80. The molecule has 1 N–H and O–H groups in total. The zero-order valence-electron chi connectivity index (χ0n) is 11.9. The van der Waals surface area contributed by atoms with Gasteiger partial charge in [0.2, 0.25) is 0 Å². The molecule has 1 heterocycles. The maximum absolute atomic E-state index is 13.4. The second-order valence-electron chi connectivity index (χ2n) is 4.66. The third-order valence-corrected chi connectivity index (χ3v) is 2.94. The SMILES string of the molecule is O=C(NCCn1nc(C(F)(F)F)ccc1=O)c1ccc(F)cc1F. The first-order chi connectivity index (χ1) is 11.2. The summed E-state index contributed by atoms with van der Waals surface area (Å²) in [6.07, 6.45) is -4.71. The minimum absolute atomic E-state index is 0.274. The summed E-state index contributed by atoms with van der Waals surface area (Å²) in [5, 5.41) is 5.36. The first-order valence-corrected chi connectivity index (χ1v) is 6.57. The van der Waals surface area contributed by atoms with Gasteiger partial charge in [0.05, 0.1) is 12.1 Å². The third-order valence-electron chi connectivity index (χ3n) is 2.94. The van der Waals surface area contributed by atoms with Crippen LogP contribution < -0.4 is 10.9 Å². The molecule has 0 bridgehead atoms. The number of rotatable bonds is 4. The number of hydrogen-bond acceptors (Lipinski definition) is 3. The van der Waals surface area contributed by atoms with Crippen LogP contribution in [0.25, 0.3) is 0 Å². The van der Waals surface area contributed by atoms with Gasteiger partial charge in [0.15, 0.2) is 5.69 Å². The van der Waals surface area contributed by atoms with Gasteiger partial charge in [0.1, 0.15) is 11.6 Å². The Morgan fingerprint density at radius 1 is 1.17 bits per heavy atom. The van der Waals surface area contributed by atoms with E-state index in [-0.39, 0.29) is 13.1 Å². The van der Waals surface area contributed by atoms with Gasteiger partial charge in [-0.1, -0.05) is 0 Å². The number of nitrogens with zero attached hydrogens (tertiary/aromatic N) is 2. The normalized spacial score (nSPS) is 11.4. The molecule has 2 aromatic rings. The van der Waals surface area contributed by atoms with Crippen molar-refractivity contribution in [1.82, 2.24) is 15.1 Å². The number of amides is 1. The molecule has 1 aromatic heterocycles. The summed E-state index contributed by atoms with van der Waals surface area (Å²) in [4.78, 5) is 23.2. The highest BCUT2D eigenvalue weighted by Gasteiger charge is 2.33. The molecule has 0 aliphatic carbocycles. The Morgan fingerprint density at radius 2 is 1.88 bits per heavy atom. The molecule has 128 valence electrons. The molecule has 0 atom stereocenters. The Balaban J connectivity index is 2.04. The number of hydrogen-bond donors (Lipinski definition) is 1. The average Bonchev–Trinajstić information content (AvgIpc) is 2.47. The van der Waals surface area contributed by atoms with Crippen molar-refractivity contribution in [2.24, 2.45) is 0 Å². The van der Waals surface area contributed by atoms with Crippen LogP contribution in [0.1, 0.15) is 16.1 Å². The first kappa shape index (κ1) is 17.6. The third kappa shape index (κ3) is 4.15. The Kier molecular flexibility index (Phi) is 4.96. The van der Waals surface area contributed by atoms with E-state index in [2.05, 4.69) is 10.4 Å². The molecule has 1 aromatic carbocycles. The van der Waals surface area contributed by atoms with E-state index in [1.807, 2.05) is 0 Å². The molecular formula is C14H10F5N3O2. The Labute approximate surface area is 131 Å². The fourth-order valence-electron chi connectivity index (χ4n) is 1.80. The summed E-state index contributed by atoms with van der Waals surface area (Å²) in [6, 6.07) is 3.59. The van der Waals surface area contributed by atoms with Gasteiger partial charge < -0.3 is 5.32 Å². The second-order valence-corrected chi connectivity index (χ2v) is 4.66. The highest BCUT2D eigenvalue weighted by atomic mass is 19.4. The lowest BCUT2D eigenvalue weighted by atomic mass is 10.2. The van der Waals surface area contributed by atoms with E-state index in [4.69, 9.17) is 0 Å². The molecule has 2 rings (SSSR count). The Bertz CT molecular complexity index is 817. The maximum Gasteiger partial charge on any atom is 0.435 e. The highest BCUT2D eigenvalue weighted by molar-refractivity contribution is 5.94. The van der Waals surface area contributed by atoms with E-state index in [1.165, 1.54) is 0 Å². The van der Waals surface area contributed by atoms with Crippen molar-refractivity contribution in [2.75, 3.05) is 6.54 Å². The molecule has 0 spiro atoms. The summed E-state index contributed by atoms with van der Waals surface area (Å²) in [5.74, 6) is -2.84. The van der Waals surface area contributed by atoms with Gasteiger partial charge in [-0.2, -0.15) is 18.3 Å². The number of nitrogens with one attached hydrogen (secondary N) is 1. The quantitative estimate of drug-likeness (QED) is 0.860. The topological polar surface area (TPSA) is 64.0 Å².